The lowest BCUT2D eigenvalue weighted by molar-refractivity contribution is 0.0703. The predicted molar refractivity (Wildman–Crippen MR) is 90.2 cm³/mol. The number of aromatic carboxylic acids is 1. The Kier molecular flexibility index (Phi) is 4.55. The van der Waals surface area contributed by atoms with E-state index in [1.807, 2.05) is 11.9 Å². The van der Waals surface area contributed by atoms with Gasteiger partial charge >= 0.3 is 5.97 Å². The van der Waals surface area contributed by atoms with Crippen LogP contribution in [0.25, 0.3) is 10.2 Å². The van der Waals surface area contributed by atoms with Crippen LogP contribution in [0.4, 0.5) is 20.3 Å². The van der Waals surface area contributed by atoms with Gasteiger partial charge in [-0.05, 0) is 26.0 Å². The van der Waals surface area contributed by atoms with Crippen LogP contribution in [-0.4, -0.2) is 42.2 Å². The molecule has 2 aromatic rings. The number of fused-ring (bicyclic) bond motifs is 1. The van der Waals surface area contributed by atoms with E-state index >= 15 is 0 Å². The first-order valence-electron chi connectivity index (χ1n) is 7.59. The van der Waals surface area contributed by atoms with Gasteiger partial charge in [0.15, 0.2) is 0 Å². The summed E-state index contributed by atoms with van der Waals surface area (Å²) in [6, 6.07) is 1.75. The minimum absolute atomic E-state index is 0.0567. The summed E-state index contributed by atoms with van der Waals surface area (Å²) in [5.74, 6) is -0.780. The van der Waals surface area contributed by atoms with Gasteiger partial charge in [-0.2, -0.15) is 0 Å². The largest absolute Gasteiger partial charge is 0.477 e. The molecular weight excluding hydrogens is 338 g/mol. The van der Waals surface area contributed by atoms with Crippen LogP contribution < -0.4 is 16.0 Å². The number of anilines is 2. The molecule has 0 unspecified atom stereocenters. The standard InChI is InChI=1S/C15H18F2N4O2S/c1-19-7-2-4-21(5-3-7)9-6-8(13(16)17)10-11(18)12(15(22)23)24-14(10)20-9/h6-7,13,19H,2-5,18H2,1H3,(H,22,23). The maximum absolute atomic E-state index is 13.5. The molecule has 2 aromatic heterocycles. The van der Waals surface area contributed by atoms with Crippen LogP contribution in [-0.2, 0) is 0 Å². The molecule has 1 aliphatic heterocycles. The molecule has 130 valence electrons. The minimum Gasteiger partial charge on any atom is -0.477 e. The molecule has 4 N–H and O–H groups in total. The van der Waals surface area contributed by atoms with Crippen molar-refractivity contribution in [2.75, 3.05) is 30.8 Å². The van der Waals surface area contributed by atoms with Crippen LogP contribution in [0.1, 0.15) is 34.5 Å². The smallest absolute Gasteiger partial charge is 0.348 e. The Labute approximate surface area is 141 Å². The fraction of sp³-hybridized carbons (Fsp3) is 0.467. The zero-order chi connectivity index (χ0) is 17.4. The first kappa shape index (κ1) is 16.8. The highest BCUT2D eigenvalue weighted by Crippen LogP contribution is 2.40. The fourth-order valence-corrected chi connectivity index (χ4v) is 3.99. The number of pyridine rings is 1. The maximum Gasteiger partial charge on any atom is 0.348 e. The summed E-state index contributed by atoms with van der Waals surface area (Å²) in [7, 11) is 1.90. The zero-order valence-electron chi connectivity index (χ0n) is 13.1. The number of piperidine rings is 1. The van der Waals surface area contributed by atoms with Gasteiger partial charge in [-0.1, -0.05) is 0 Å². The molecule has 1 saturated heterocycles. The lowest BCUT2D eigenvalue weighted by atomic mass is 10.0. The summed E-state index contributed by atoms with van der Waals surface area (Å²) in [4.78, 5) is 17.7. The second-order valence-electron chi connectivity index (χ2n) is 5.75. The van der Waals surface area contributed by atoms with E-state index in [1.165, 1.54) is 6.07 Å². The third-order valence-electron chi connectivity index (χ3n) is 4.37. The number of carboxylic acids is 1. The highest BCUT2D eigenvalue weighted by atomic mass is 32.1. The van der Waals surface area contributed by atoms with Gasteiger partial charge in [0.05, 0.1) is 5.69 Å². The fourth-order valence-electron chi connectivity index (χ4n) is 3.03. The summed E-state index contributed by atoms with van der Waals surface area (Å²) >= 11 is 0.839. The van der Waals surface area contributed by atoms with Crippen molar-refractivity contribution < 1.29 is 18.7 Å². The Morgan fingerprint density at radius 1 is 1.50 bits per heavy atom. The predicted octanol–water partition coefficient (Wildman–Crippen LogP) is 2.70. The number of rotatable bonds is 4. The average molecular weight is 356 g/mol. The third kappa shape index (κ3) is 2.89. The molecule has 1 aliphatic rings. The maximum atomic E-state index is 13.5. The Balaban J connectivity index is 2.06. The molecule has 0 bridgehead atoms. The molecule has 3 rings (SSSR count). The molecule has 0 atom stereocenters. The van der Waals surface area contributed by atoms with E-state index in [-0.39, 0.29) is 26.3 Å². The second kappa shape index (κ2) is 6.48. The molecule has 1 fully saturated rings. The van der Waals surface area contributed by atoms with Gasteiger partial charge in [0.25, 0.3) is 6.43 Å². The number of nitrogens with two attached hydrogens (primary N) is 1. The van der Waals surface area contributed by atoms with Crippen molar-refractivity contribution in [2.45, 2.75) is 25.3 Å². The molecule has 0 saturated carbocycles. The van der Waals surface area contributed by atoms with Crippen molar-refractivity contribution >= 4 is 39.0 Å². The topological polar surface area (TPSA) is 91.5 Å². The number of alkyl halides is 2. The van der Waals surface area contributed by atoms with Gasteiger partial charge in [0.1, 0.15) is 15.5 Å². The second-order valence-corrected chi connectivity index (χ2v) is 6.75. The van der Waals surface area contributed by atoms with Crippen molar-refractivity contribution in [3.05, 3.63) is 16.5 Å². The van der Waals surface area contributed by atoms with Crippen LogP contribution >= 0.6 is 11.3 Å². The summed E-state index contributed by atoms with van der Waals surface area (Å²) < 4.78 is 27.0. The molecule has 24 heavy (non-hydrogen) atoms. The van der Waals surface area contributed by atoms with Gasteiger partial charge < -0.3 is 21.1 Å². The van der Waals surface area contributed by atoms with Gasteiger partial charge in [-0.15, -0.1) is 11.3 Å². The van der Waals surface area contributed by atoms with E-state index in [2.05, 4.69) is 10.3 Å². The van der Waals surface area contributed by atoms with Crippen molar-refractivity contribution in [2.24, 2.45) is 0 Å². The molecule has 0 radical (unpaired) electrons. The first-order valence-corrected chi connectivity index (χ1v) is 8.40. The lowest BCUT2D eigenvalue weighted by Gasteiger charge is -2.32. The number of nitrogen functional groups attached to an aromatic ring is 1. The number of hydrogen-bond donors (Lipinski definition) is 3. The van der Waals surface area contributed by atoms with Crippen molar-refractivity contribution in [1.82, 2.24) is 10.3 Å². The first-order chi connectivity index (χ1) is 11.4. The highest BCUT2D eigenvalue weighted by Gasteiger charge is 2.26. The van der Waals surface area contributed by atoms with E-state index in [1.54, 1.807) is 0 Å². The molecule has 0 amide bonds. The summed E-state index contributed by atoms with van der Waals surface area (Å²) in [6.45, 7) is 1.42. The molecule has 0 aliphatic carbocycles. The quantitative estimate of drug-likeness (QED) is 0.780. The Bertz CT molecular complexity index is 772. The van der Waals surface area contributed by atoms with E-state index in [4.69, 9.17) is 10.8 Å². The minimum atomic E-state index is -2.75. The van der Waals surface area contributed by atoms with E-state index in [0.29, 0.717) is 24.9 Å². The molecular formula is C15H18F2N4O2S. The van der Waals surface area contributed by atoms with Gasteiger partial charge in [-0.25, -0.2) is 18.6 Å². The number of nitrogens with zero attached hydrogens (tertiary/aromatic N) is 2. The average Bonchev–Trinajstić information content (AvgIpc) is 2.91. The SMILES string of the molecule is CNC1CCN(c2cc(C(F)F)c3c(N)c(C(=O)O)sc3n2)CC1. The van der Waals surface area contributed by atoms with Gasteiger partial charge in [0.2, 0.25) is 0 Å². The van der Waals surface area contributed by atoms with Crippen LogP contribution in [0.5, 0.6) is 0 Å². The molecule has 3 heterocycles. The number of hydrogen-bond acceptors (Lipinski definition) is 6. The van der Waals surface area contributed by atoms with Crippen LogP contribution in [0.2, 0.25) is 0 Å². The summed E-state index contributed by atoms with van der Waals surface area (Å²) in [6.07, 6.45) is -0.956. The van der Waals surface area contributed by atoms with Gasteiger partial charge in [-0.3, -0.25) is 0 Å². The number of nitrogens with one attached hydrogen (secondary N) is 1. The van der Waals surface area contributed by atoms with E-state index < -0.39 is 12.4 Å². The molecule has 0 aromatic carbocycles. The van der Waals surface area contributed by atoms with Crippen LogP contribution in [0, 0.1) is 0 Å². The molecule has 9 heteroatoms. The normalized spacial score (nSPS) is 16.2. The third-order valence-corrected chi connectivity index (χ3v) is 5.46. The molecule has 0 spiro atoms. The van der Waals surface area contributed by atoms with Crippen LogP contribution in [0.3, 0.4) is 0 Å². The Morgan fingerprint density at radius 3 is 2.71 bits per heavy atom. The lowest BCUT2D eigenvalue weighted by Crippen LogP contribution is -2.41. The van der Waals surface area contributed by atoms with E-state index in [0.717, 1.165) is 24.2 Å². The summed E-state index contributed by atoms with van der Waals surface area (Å²) in [5.41, 5.74) is 5.39. The highest BCUT2D eigenvalue weighted by molar-refractivity contribution is 7.21. The van der Waals surface area contributed by atoms with Crippen molar-refractivity contribution in [1.29, 1.82) is 0 Å². The zero-order valence-corrected chi connectivity index (χ0v) is 13.9. The number of halogens is 2. The van der Waals surface area contributed by atoms with Gasteiger partial charge in [0, 0.05) is 30.1 Å². The summed E-state index contributed by atoms with van der Waals surface area (Å²) in [5, 5.41) is 12.4. The monoisotopic (exact) mass is 356 g/mol. The number of thiophene rings is 1. The Hall–Kier alpha value is -2.00. The van der Waals surface area contributed by atoms with Crippen molar-refractivity contribution in [3.63, 3.8) is 0 Å². The Morgan fingerprint density at radius 2 is 2.17 bits per heavy atom. The van der Waals surface area contributed by atoms with Crippen molar-refractivity contribution in [3.8, 4) is 0 Å². The number of aromatic nitrogens is 1. The number of carbonyl (C=O) groups is 1. The van der Waals surface area contributed by atoms with Crippen LogP contribution in [0.15, 0.2) is 6.07 Å². The van der Waals surface area contributed by atoms with E-state index in [9.17, 15) is 13.6 Å². The molecule has 6 nitrogen and oxygen atoms in total. The number of carboxylic acid groups (broad SMARTS) is 1.